The minimum absolute atomic E-state index is 0.0103. The number of pyridine rings is 1. The molecule has 4 nitrogen and oxygen atoms in total. The molecular weight excluding hydrogens is 225 g/mol. The molecule has 0 aromatic carbocycles. The van der Waals surface area contributed by atoms with Gasteiger partial charge in [-0.2, -0.15) is 13.2 Å². The number of hydrogen-bond donors (Lipinski definition) is 2. The van der Waals surface area contributed by atoms with Crippen LogP contribution in [0.3, 0.4) is 0 Å². The van der Waals surface area contributed by atoms with Crippen LogP contribution in [0.4, 0.5) is 19.0 Å². The summed E-state index contributed by atoms with van der Waals surface area (Å²) in [6.07, 6.45) is -3.59. The standard InChI is InChI=1S/C9H9F3N2O2/c10-9(11,12)6-1-3-13-7(5-6)14-4-2-8(15)16/h1,3,5H,2,4H2,(H,13,14)(H,15,16). The van der Waals surface area contributed by atoms with Gasteiger partial charge in [0.1, 0.15) is 5.82 Å². The fraction of sp³-hybridized carbons (Fsp3) is 0.333. The molecule has 1 heterocycles. The average Bonchev–Trinajstić information content (AvgIpc) is 2.16. The molecule has 1 aromatic rings. The van der Waals surface area contributed by atoms with Gasteiger partial charge in [0.05, 0.1) is 12.0 Å². The predicted octanol–water partition coefficient (Wildman–Crippen LogP) is 1.99. The number of carboxylic acid groups (broad SMARTS) is 1. The fourth-order valence-electron chi connectivity index (χ4n) is 1.00. The van der Waals surface area contributed by atoms with Gasteiger partial charge in [-0.1, -0.05) is 0 Å². The Morgan fingerprint density at radius 2 is 2.19 bits per heavy atom. The van der Waals surface area contributed by atoms with Crippen LogP contribution in [0.1, 0.15) is 12.0 Å². The second kappa shape index (κ2) is 4.82. The van der Waals surface area contributed by atoms with Crippen molar-refractivity contribution in [2.24, 2.45) is 0 Å². The molecule has 0 amide bonds. The van der Waals surface area contributed by atoms with Crippen LogP contribution in [0.5, 0.6) is 0 Å². The molecule has 0 saturated heterocycles. The number of carbonyl (C=O) groups is 1. The third kappa shape index (κ3) is 3.76. The second-order valence-corrected chi connectivity index (χ2v) is 3.00. The van der Waals surface area contributed by atoms with E-state index in [1.165, 1.54) is 0 Å². The Morgan fingerprint density at radius 3 is 2.75 bits per heavy atom. The van der Waals surface area contributed by atoms with E-state index in [1.807, 2.05) is 0 Å². The Morgan fingerprint density at radius 1 is 1.50 bits per heavy atom. The van der Waals surface area contributed by atoms with E-state index in [1.54, 1.807) is 0 Å². The maximum absolute atomic E-state index is 12.3. The highest BCUT2D eigenvalue weighted by atomic mass is 19.4. The van der Waals surface area contributed by atoms with Crippen molar-refractivity contribution in [2.45, 2.75) is 12.6 Å². The SMILES string of the molecule is O=C(O)CCNc1cc(C(F)(F)F)ccn1. The maximum atomic E-state index is 12.3. The molecule has 0 bridgehead atoms. The number of hydrogen-bond acceptors (Lipinski definition) is 3. The number of rotatable bonds is 4. The van der Waals surface area contributed by atoms with Gasteiger partial charge in [-0.25, -0.2) is 4.98 Å². The number of carboxylic acids is 1. The molecule has 0 spiro atoms. The topological polar surface area (TPSA) is 62.2 Å². The number of alkyl halides is 3. The van der Waals surface area contributed by atoms with E-state index in [0.717, 1.165) is 18.3 Å². The lowest BCUT2D eigenvalue weighted by Gasteiger charge is -2.08. The number of aliphatic carboxylic acids is 1. The summed E-state index contributed by atoms with van der Waals surface area (Å²) in [4.78, 5) is 13.8. The van der Waals surface area contributed by atoms with Crippen molar-refractivity contribution in [2.75, 3.05) is 11.9 Å². The average molecular weight is 234 g/mol. The van der Waals surface area contributed by atoms with E-state index >= 15 is 0 Å². The molecular formula is C9H9F3N2O2. The van der Waals surface area contributed by atoms with E-state index in [9.17, 15) is 18.0 Å². The first-order chi connectivity index (χ1) is 7.39. The molecule has 1 aromatic heterocycles. The van der Waals surface area contributed by atoms with Gasteiger partial charge < -0.3 is 10.4 Å². The zero-order chi connectivity index (χ0) is 12.2. The van der Waals surface area contributed by atoms with Crippen LogP contribution in [0.2, 0.25) is 0 Å². The van der Waals surface area contributed by atoms with Crippen molar-refractivity contribution in [3.63, 3.8) is 0 Å². The summed E-state index contributed by atoms with van der Waals surface area (Å²) in [6.45, 7) is 0.0314. The molecule has 0 radical (unpaired) electrons. The Bertz CT molecular complexity index is 379. The van der Waals surface area contributed by atoms with Gasteiger partial charge in [0.25, 0.3) is 0 Å². The minimum Gasteiger partial charge on any atom is -0.481 e. The zero-order valence-electron chi connectivity index (χ0n) is 8.08. The Hall–Kier alpha value is -1.79. The van der Waals surface area contributed by atoms with Gasteiger partial charge in [-0.15, -0.1) is 0 Å². The lowest BCUT2D eigenvalue weighted by atomic mass is 10.2. The number of halogens is 3. The molecule has 0 saturated carbocycles. The van der Waals surface area contributed by atoms with E-state index in [0.29, 0.717) is 0 Å². The Balaban J connectivity index is 2.64. The van der Waals surface area contributed by atoms with Crippen LogP contribution in [0.25, 0.3) is 0 Å². The first kappa shape index (κ1) is 12.3. The van der Waals surface area contributed by atoms with E-state index < -0.39 is 17.7 Å². The summed E-state index contributed by atoms with van der Waals surface area (Å²) in [7, 11) is 0. The van der Waals surface area contributed by atoms with E-state index in [4.69, 9.17) is 5.11 Å². The van der Waals surface area contributed by atoms with E-state index in [2.05, 4.69) is 10.3 Å². The molecule has 0 fully saturated rings. The van der Waals surface area contributed by atoms with Gasteiger partial charge >= 0.3 is 12.1 Å². The molecule has 0 unspecified atom stereocenters. The monoisotopic (exact) mass is 234 g/mol. The Labute approximate surface area is 89.1 Å². The summed E-state index contributed by atoms with van der Waals surface area (Å²) < 4.78 is 36.8. The summed E-state index contributed by atoms with van der Waals surface area (Å²) >= 11 is 0. The highest BCUT2D eigenvalue weighted by Crippen LogP contribution is 2.29. The quantitative estimate of drug-likeness (QED) is 0.836. The van der Waals surface area contributed by atoms with Gasteiger partial charge in [0, 0.05) is 12.7 Å². The predicted molar refractivity (Wildman–Crippen MR) is 50.0 cm³/mol. The molecule has 0 aliphatic heterocycles. The van der Waals surface area contributed by atoms with Crippen LogP contribution in [-0.2, 0) is 11.0 Å². The lowest BCUT2D eigenvalue weighted by Crippen LogP contribution is -2.10. The molecule has 0 aliphatic rings. The van der Waals surface area contributed by atoms with Crippen molar-refractivity contribution in [1.29, 1.82) is 0 Å². The van der Waals surface area contributed by atoms with Gasteiger partial charge in [0.2, 0.25) is 0 Å². The van der Waals surface area contributed by atoms with Crippen molar-refractivity contribution >= 4 is 11.8 Å². The van der Waals surface area contributed by atoms with Crippen LogP contribution < -0.4 is 5.32 Å². The Kier molecular flexibility index (Phi) is 3.70. The van der Waals surface area contributed by atoms with Gasteiger partial charge in [-0.05, 0) is 12.1 Å². The first-order valence-electron chi connectivity index (χ1n) is 4.38. The van der Waals surface area contributed by atoms with Crippen LogP contribution >= 0.6 is 0 Å². The smallest absolute Gasteiger partial charge is 0.416 e. The third-order valence-electron chi connectivity index (χ3n) is 1.73. The van der Waals surface area contributed by atoms with E-state index in [-0.39, 0.29) is 18.8 Å². The second-order valence-electron chi connectivity index (χ2n) is 3.00. The molecule has 1 rings (SSSR count). The summed E-state index contributed by atoms with van der Waals surface area (Å²) in [5.41, 5.74) is -0.819. The summed E-state index contributed by atoms with van der Waals surface area (Å²) in [5.74, 6) is -1.02. The van der Waals surface area contributed by atoms with Gasteiger partial charge in [-0.3, -0.25) is 4.79 Å². The molecule has 0 atom stereocenters. The van der Waals surface area contributed by atoms with Crippen molar-refractivity contribution in [1.82, 2.24) is 4.98 Å². The van der Waals surface area contributed by atoms with Crippen molar-refractivity contribution < 1.29 is 23.1 Å². The highest BCUT2D eigenvalue weighted by molar-refractivity contribution is 5.67. The number of anilines is 1. The molecule has 88 valence electrons. The zero-order valence-corrected chi connectivity index (χ0v) is 8.08. The van der Waals surface area contributed by atoms with Crippen molar-refractivity contribution in [3.8, 4) is 0 Å². The number of nitrogens with one attached hydrogen (secondary N) is 1. The molecule has 2 N–H and O–H groups in total. The highest BCUT2D eigenvalue weighted by Gasteiger charge is 2.30. The van der Waals surface area contributed by atoms with Crippen molar-refractivity contribution in [3.05, 3.63) is 23.9 Å². The fourth-order valence-corrected chi connectivity index (χ4v) is 1.00. The number of aromatic nitrogens is 1. The minimum atomic E-state index is -4.42. The van der Waals surface area contributed by atoms with Gasteiger partial charge in [0.15, 0.2) is 0 Å². The number of nitrogens with zero attached hydrogens (tertiary/aromatic N) is 1. The third-order valence-corrected chi connectivity index (χ3v) is 1.73. The summed E-state index contributed by atoms with van der Waals surface area (Å²) in [6, 6.07) is 1.68. The molecule has 7 heteroatoms. The maximum Gasteiger partial charge on any atom is 0.416 e. The van der Waals surface area contributed by atoms with Crippen LogP contribution in [0, 0.1) is 0 Å². The summed E-state index contributed by atoms with van der Waals surface area (Å²) in [5, 5.41) is 10.8. The molecule has 16 heavy (non-hydrogen) atoms. The first-order valence-corrected chi connectivity index (χ1v) is 4.38. The van der Waals surface area contributed by atoms with Crippen LogP contribution in [0.15, 0.2) is 18.3 Å². The normalized spacial score (nSPS) is 11.2. The van der Waals surface area contributed by atoms with Crippen LogP contribution in [-0.4, -0.2) is 22.6 Å². The molecule has 0 aliphatic carbocycles. The largest absolute Gasteiger partial charge is 0.481 e. The lowest BCUT2D eigenvalue weighted by molar-refractivity contribution is -0.138.